The van der Waals surface area contributed by atoms with E-state index in [9.17, 15) is 14.3 Å². The second-order valence-corrected chi connectivity index (χ2v) is 10.8. The van der Waals surface area contributed by atoms with E-state index in [1.807, 2.05) is 0 Å². The van der Waals surface area contributed by atoms with Crippen LogP contribution in [-0.2, 0) is 21.7 Å². The predicted molar refractivity (Wildman–Crippen MR) is 153 cm³/mol. The molecule has 1 saturated carbocycles. The van der Waals surface area contributed by atoms with Crippen molar-refractivity contribution in [1.82, 2.24) is 8.75 Å². The zero-order valence-electron chi connectivity index (χ0n) is 23.3. The average Bonchev–Trinajstić information content (AvgIpc) is 3.73. The monoisotopic (exact) mass is 592 g/mol. The van der Waals surface area contributed by atoms with Gasteiger partial charge in [-0.2, -0.15) is 8.75 Å². The third-order valence-electron chi connectivity index (χ3n) is 7.73. The molecule has 1 aliphatic heterocycles. The lowest BCUT2D eigenvalue weighted by atomic mass is 9.87. The fraction of sp³-hybridized carbons (Fsp3) is 0.323. The van der Waals surface area contributed by atoms with E-state index in [4.69, 9.17) is 23.7 Å². The number of carbonyl (C=O) groups is 1. The maximum absolute atomic E-state index is 14.8. The van der Waals surface area contributed by atoms with Gasteiger partial charge >= 0.3 is 5.97 Å². The Balaban J connectivity index is 1.49. The SMILES string of the molecule is COc1ccc(C2(O)OC(=O)C(c3ccc4nsnc4c3)=C2Cc2cc(OC)c(OC3CCCC3)c(OC)c2)cc1F. The average molecular weight is 593 g/mol. The number of esters is 1. The van der Waals surface area contributed by atoms with E-state index in [-0.39, 0.29) is 35.0 Å². The van der Waals surface area contributed by atoms with Gasteiger partial charge in [-0.15, -0.1) is 0 Å². The molecule has 1 atom stereocenters. The summed E-state index contributed by atoms with van der Waals surface area (Å²) in [7, 11) is 4.43. The fourth-order valence-corrected chi connectivity index (χ4v) is 6.13. The zero-order chi connectivity index (χ0) is 29.4. The third kappa shape index (κ3) is 4.92. The van der Waals surface area contributed by atoms with Crippen LogP contribution in [0.4, 0.5) is 4.39 Å². The Morgan fingerprint density at radius 3 is 2.31 bits per heavy atom. The highest BCUT2D eigenvalue weighted by molar-refractivity contribution is 7.00. The highest BCUT2D eigenvalue weighted by Gasteiger charge is 2.48. The minimum Gasteiger partial charge on any atom is -0.494 e. The number of aliphatic hydroxyl groups is 1. The molecule has 1 aliphatic carbocycles. The Hall–Kier alpha value is -4.22. The molecule has 9 nitrogen and oxygen atoms in total. The number of hydrogen-bond acceptors (Lipinski definition) is 10. The van der Waals surface area contributed by atoms with Gasteiger partial charge in [0.2, 0.25) is 5.75 Å². The van der Waals surface area contributed by atoms with E-state index in [1.165, 1.54) is 19.2 Å². The summed E-state index contributed by atoms with van der Waals surface area (Å²) in [5.74, 6) is -2.33. The van der Waals surface area contributed by atoms with E-state index in [1.54, 1.807) is 44.6 Å². The largest absolute Gasteiger partial charge is 0.494 e. The van der Waals surface area contributed by atoms with Crippen LogP contribution in [0.25, 0.3) is 16.6 Å². The van der Waals surface area contributed by atoms with E-state index in [2.05, 4.69) is 8.75 Å². The minimum absolute atomic E-state index is 0.00812. The van der Waals surface area contributed by atoms with Crippen LogP contribution in [0.5, 0.6) is 23.0 Å². The van der Waals surface area contributed by atoms with E-state index < -0.39 is 17.6 Å². The summed E-state index contributed by atoms with van der Waals surface area (Å²) in [4.78, 5) is 13.5. The van der Waals surface area contributed by atoms with Gasteiger partial charge in [0, 0.05) is 17.6 Å². The molecule has 0 saturated heterocycles. The molecule has 3 aromatic carbocycles. The summed E-state index contributed by atoms with van der Waals surface area (Å²) in [6.07, 6.45) is 4.22. The Bertz CT molecular complexity index is 1670. The lowest BCUT2D eigenvalue weighted by molar-refractivity contribution is -0.185. The van der Waals surface area contributed by atoms with Crippen LogP contribution >= 0.6 is 11.7 Å². The number of benzene rings is 3. The first-order valence-electron chi connectivity index (χ1n) is 13.5. The van der Waals surface area contributed by atoms with Crippen molar-refractivity contribution in [3.63, 3.8) is 0 Å². The molecule has 218 valence electrons. The Kier molecular flexibility index (Phi) is 7.46. The molecule has 1 N–H and O–H groups in total. The third-order valence-corrected chi connectivity index (χ3v) is 8.29. The zero-order valence-corrected chi connectivity index (χ0v) is 24.1. The highest BCUT2D eigenvalue weighted by Crippen LogP contribution is 2.47. The predicted octanol–water partition coefficient (Wildman–Crippen LogP) is 5.58. The molecule has 0 bridgehead atoms. The van der Waals surface area contributed by atoms with Gasteiger partial charge in [-0.05, 0) is 79.3 Å². The topological polar surface area (TPSA) is 109 Å². The van der Waals surface area contributed by atoms with Crippen molar-refractivity contribution in [2.45, 2.75) is 44.0 Å². The van der Waals surface area contributed by atoms with Gasteiger partial charge < -0.3 is 28.8 Å². The summed E-state index contributed by atoms with van der Waals surface area (Å²) in [5, 5.41) is 12.0. The van der Waals surface area contributed by atoms with Gasteiger partial charge in [-0.3, -0.25) is 0 Å². The molecule has 0 spiro atoms. The number of hydrogen-bond donors (Lipinski definition) is 1. The molecule has 42 heavy (non-hydrogen) atoms. The Morgan fingerprint density at radius 1 is 0.952 bits per heavy atom. The number of cyclic esters (lactones) is 1. The molecule has 11 heteroatoms. The molecule has 2 aliphatic rings. The lowest BCUT2D eigenvalue weighted by Crippen LogP contribution is -2.30. The van der Waals surface area contributed by atoms with Crippen LogP contribution < -0.4 is 18.9 Å². The van der Waals surface area contributed by atoms with Crippen LogP contribution in [0.2, 0.25) is 0 Å². The van der Waals surface area contributed by atoms with Crippen LogP contribution in [0.3, 0.4) is 0 Å². The molecule has 1 fully saturated rings. The summed E-state index contributed by atoms with van der Waals surface area (Å²) in [6.45, 7) is 0. The van der Waals surface area contributed by atoms with Crippen LogP contribution in [0.15, 0.2) is 54.1 Å². The van der Waals surface area contributed by atoms with Crippen LogP contribution in [0.1, 0.15) is 42.4 Å². The summed E-state index contributed by atoms with van der Waals surface area (Å²) in [5.41, 5.74) is 2.81. The Morgan fingerprint density at radius 2 is 1.64 bits per heavy atom. The number of methoxy groups -OCH3 is 3. The number of fused-ring (bicyclic) bond motifs is 1. The van der Waals surface area contributed by atoms with Crippen molar-refractivity contribution in [2.24, 2.45) is 0 Å². The van der Waals surface area contributed by atoms with Gasteiger partial charge in [0.25, 0.3) is 5.79 Å². The first-order chi connectivity index (χ1) is 20.3. The number of aromatic nitrogens is 2. The van der Waals surface area contributed by atoms with Gasteiger partial charge in [0.15, 0.2) is 23.1 Å². The van der Waals surface area contributed by atoms with E-state index in [0.717, 1.165) is 43.5 Å². The molecule has 1 unspecified atom stereocenters. The van der Waals surface area contributed by atoms with Crippen molar-refractivity contribution in [3.8, 4) is 23.0 Å². The van der Waals surface area contributed by atoms with Crippen LogP contribution in [-0.4, -0.2) is 47.3 Å². The molecular formula is C31H29FN2O7S. The van der Waals surface area contributed by atoms with Crippen molar-refractivity contribution < 1.29 is 38.0 Å². The quantitative estimate of drug-likeness (QED) is 0.249. The first-order valence-corrected chi connectivity index (χ1v) is 14.2. The molecule has 0 radical (unpaired) electrons. The van der Waals surface area contributed by atoms with Gasteiger partial charge in [0.05, 0.1) is 44.7 Å². The standard InChI is InChI=1S/C31H29FN2O7S/c1-37-25-11-9-19(16-22(25)32)31(36)21(28(30(35)41-31)18-8-10-23-24(15-18)34-42-33-23)12-17-13-26(38-2)29(27(14-17)39-3)40-20-6-4-5-7-20/h8-11,13-16,20,36H,4-7,12H2,1-3H3. The molecule has 6 rings (SSSR count). The summed E-state index contributed by atoms with van der Waals surface area (Å²) >= 11 is 1.06. The smallest absolute Gasteiger partial charge is 0.342 e. The van der Waals surface area contributed by atoms with Gasteiger partial charge in [-0.1, -0.05) is 6.07 Å². The van der Waals surface area contributed by atoms with Crippen LogP contribution in [0, 0.1) is 5.82 Å². The second kappa shape index (κ2) is 11.2. The summed E-state index contributed by atoms with van der Waals surface area (Å²) in [6, 6.07) is 12.7. The number of carbonyl (C=O) groups excluding carboxylic acids is 1. The summed E-state index contributed by atoms with van der Waals surface area (Å²) < 4.78 is 51.7. The maximum atomic E-state index is 14.8. The molecule has 1 aromatic heterocycles. The van der Waals surface area contributed by atoms with Crippen molar-refractivity contribution in [3.05, 3.63) is 76.6 Å². The highest BCUT2D eigenvalue weighted by atomic mass is 32.1. The maximum Gasteiger partial charge on any atom is 0.342 e. The normalized spacial score (nSPS) is 18.9. The Labute approximate surface area is 245 Å². The van der Waals surface area contributed by atoms with Crippen molar-refractivity contribution in [2.75, 3.05) is 21.3 Å². The van der Waals surface area contributed by atoms with Crippen molar-refractivity contribution in [1.29, 1.82) is 0 Å². The van der Waals surface area contributed by atoms with Gasteiger partial charge in [-0.25, -0.2) is 9.18 Å². The number of halogens is 1. The lowest BCUT2D eigenvalue weighted by Gasteiger charge is -2.26. The molecule has 2 heterocycles. The molecule has 4 aromatic rings. The number of rotatable bonds is 9. The number of ether oxygens (including phenoxy) is 5. The molecule has 0 amide bonds. The van der Waals surface area contributed by atoms with E-state index in [0.29, 0.717) is 39.4 Å². The van der Waals surface area contributed by atoms with Gasteiger partial charge in [0.1, 0.15) is 11.0 Å². The molecular weight excluding hydrogens is 563 g/mol. The first kappa shape index (κ1) is 27.9. The second-order valence-electron chi connectivity index (χ2n) is 10.2. The fourth-order valence-electron chi connectivity index (χ4n) is 5.62. The number of nitrogens with zero attached hydrogens (tertiary/aromatic N) is 2. The van der Waals surface area contributed by atoms with E-state index >= 15 is 0 Å². The minimum atomic E-state index is -2.27. The van der Waals surface area contributed by atoms with Crippen molar-refractivity contribution >= 4 is 34.3 Å².